The van der Waals surface area contributed by atoms with Crippen molar-refractivity contribution >= 4 is 5.91 Å². The van der Waals surface area contributed by atoms with Crippen molar-refractivity contribution in [2.24, 2.45) is 5.92 Å². The van der Waals surface area contributed by atoms with Gasteiger partial charge in [0, 0.05) is 32.2 Å². The predicted octanol–water partition coefficient (Wildman–Crippen LogP) is 3.42. The maximum Gasteiger partial charge on any atom is 0.226 e. The van der Waals surface area contributed by atoms with Gasteiger partial charge in [-0.05, 0) is 76.6 Å². The Hall–Kier alpha value is -1.39. The van der Waals surface area contributed by atoms with Crippen molar-refractivity contribution in [1.29, 1.82) is 0 Å². The fraction of sp³-hybridized carbons (Fsp3) is 0.708. The highest BCUT2D eigenvalue weighted by Crippen LogP contribution is 2.26. The van der Waals surface area contributed by atoms with Crippen LogP contribution in [0.1, 0.15) is 50.5 Å². The molecule has 0 aliphatic carbocycles. The molecule has 28 heavy (non-hydrogen) atoms. The number of nitrogens with zero attached hydrogens (tertiary/aromatic N) is 3. The minimum absolute atomic E-state index is 0.253. The van der Waals surface area contributed by atoms with Crippen LogP contribution < -0.4 is 0 Å². The third-order valence-electron chi connectivity index (χ3n) is 7.10. The van der Waals surface area contributed by atoms with Gasteiger partial charge in [0.15, 0.2) is 0 Å². The van der Waals surface area contributed by atoms with E-state index < -0.39 is 0 Å². The SMILES string of the molecule is O=C([C@@H]1CCCN(C2CCN(CCc3ccccc3)CC2)C1)N1CCCCC1. The molecule has 0 unspecified atom stereocenters. The number of benzene rings is 1. The molecule has 1 atom stereocenters. The summed E-state index contributed by atoms with van der Waals surface area (Å²) in [5.74, 6) is 0.702. The third kappa shape index (κ3) is 5.15. The molecule has 0 spiro atoms. The molecule has 0 saturated carbocycles. The normalized spacial score (nSPS) is 25.7. The van der Waals surface area contributed by atoms with E-state index >= 15 is 0 Å². The Morgan fingerprint density at radius 3 is 2.36 bits per heavy atom. The first-order valence-corrected chi connectivity index (χ1v) is 11.6. The zero-order valence-electron chi connectivity index (χ0n) is 17.4. The van der Waals surface area contributed by atoms with Crippen molar-refractivity contribution < 1.29 is 4.79 Å². The standard InChI is InChI=1S/C24H37N3O/c28-24(26-14-5-2-6-15-26)22-10-7-16-27(20-22)23-12-18-25(19-13-23)17-11-21-8-3-1-4-9-21/h1,3-4,8-9,22-23H,2,5-7,10-20H2/t22-/m1/s1. The molecule has 1 aromatic carbocycles. The molecule has 3 fully saturated rings. The highest BCUT2D eigenvalue weighted by Gasteiger charge is 2.33. The minimum Gasteiger partial charge on any atom is -0.342 e. The van der Waals surface area contributed by atoms with E-state index in [2.05, 4.69) is 45.0 Å². The topological polar surface area (TPSA) is 26.8 Å². The lowest BCUT2D eigenvalue weighted by atomic mass is 9.92. The van der Waals surface area contributed by atoms with Gasteiger partial charge in [-0.1, -0.05) is 30.3 Å². The van der Waals surface area contributed by atoms with Crippen LogP contribution in [0.25, 0.3) is 0 Å². The van der Waals surface area contributed by atoms with Crippen LogP contribution >= 0.6 is 0 Å². The lowest BCUT2D eigenvalue weighted by Gasteiger charge is -2.43. The second-order valence-corrected chi connectivity index (χ2v) is 9.03. The van der Waals surface area contributed by atoms with E-state index in [0.29, 0.717) is 11.9 Å². The molecule has 4 rings (SSSR count). The van der Waals surface area contributed by atoms with Gasteiger partial charge >= 0.3 is 0 Å². The maximum atomic E-state index is 12.9. The molecular formula is C24H37N3O. The second-order valence-electron chi connectivity index (χ2n) is 9.03. The van der Waals surface area contributed by atoms with Crippen LogP contribution in [0.3, 0.4) is 0 Å². The van der Waals surface area contributed by atoms with Gasteiger partial charge in [-0.2, -0.15) is 0 Å². The molecule has 4 nitrogen and oxygen atoms in total. The van der Waals surface area contributed by atoms with Gasteiger partial charge in [0.2, 0.25) is 5.91 Å². The maximum absolute atomic E-state index is 12.9. The van der Waals surface area contributed by atoms with Crippen LogP contribution in [0.15, 0.2) is 30.3 Å². The van der Waals surface area contributed by atoms with Crippen LogP contribution in [0.4, 0.5) is 0 Å². The first kappa shape index (κ1) is 19.9. The Morgan fingerprint density at radius 1 is 0.857 bits per heavy atom. The Labute approximate surface area is 170 Å². The molecule has 3 aliphatic rings. The first-order chi connectivity index (χ1) is 13.8. The van der Waals surface area contributed by atoms with E-state index in [1.165, 1.54) is 70.3 Å². The van der Waals surface area contributed by atoms with Crippen molar-refractivity contribution in [2.45, 2.75) is 57.4 Å². The number of likely N-dealkylation sites (tertiary alicyclic amines) is 3. The van der Waals surface area contributed by atoms with Gasteiger partial charge in [-0.15, -0.1) is 0 Å². The smallest absolute Gasteiger partial charge is 0.226 e. The van der Waals surface area contributed by atoms with E-state index in [-0.39, 0.29) is 5.92 Å². The average Bonchev–Trinajstić information content (AvgIpc) is 2.79. The van der Waals surface area contributed by atoms with E-state index in [0.717, 1.165) is 32.5 Å². The van der Waals surface area contributed by atoms with Gasteiger partial charge in [-0.3, -0.25) is 9.69 Å². The summed E-state index contributed by atoms with van der Waals surface area (Å²) in [7, 11) is 0. The summed E-state index contributed by atoms with van der Waals surface area (Å²) in [6, 6.07) is 11.5. The molecule has 4 heteroatoms. The summed E-state index contributed by atoms with van der Waals surface area (Å²) < 4.78 is 0. The molecule has 3 heterocycles. The summed E-state index contributed by atoms with van der Waals surface area (Å²) in [5, 5.41) is 0. The number of hydrogen-bond acceptors (Lipinski definition) is 3. The quantitative estimate of drug-likeness (QED) is 0.779. The lowest BCUT2D eigenvalue weighted by Crippen LogP contribution is -2.51. The van der Waals surface area contributed by atoms with Gasteiger partial charge < -0.3 is 9.80 Å². The summed E-state index contributed by atoms with van der Waals surface area (Å²) in [5.41, 5.74) is 1.44. The molecule has 0 bridgehead atoms. The first-order valence-electron chi connectivity index (χ1n) is 11.6. The van der Waals surface area contributed by atoms with E-state index in [1.807, 2.05) is 0 Å². The Balaban J connectivity index is 1.22. The average molecular weight is 384 g/mol. The van der Waals surface area contributed by atoms with E-state index in [4.69, 9.17) is 0 Å². The molecular weight excluding hydrogens is 346 g/mol. The lowest BCUT2D eigenvalue weighted by molar-refractivity contribution is -0.138. The van der Waals surface area contributed by atoms with Crippen molar-refractivity contribution in [1.82, 2.24) is 14.7 Å². The molecule has 154 valence electrons. The van der Waals surface area contributed by atoms with E-state index in [1.54, 1.807) is 0 Å². The van der Waals surface area contributed by atoms with Crippen LogP contribution in [-0.2, 0) is 11.2 Å². The van der Waals surface area contributed by atoms with E-state index in [9.17, 15) is 4.79 Å². The molecule has 1 aromatic rings. The van der Waals surface area contributed by atoms with Crippen LogP contribution in [-0.4, -0.2) is 72.5 Å². The fourth-order valence-corrected chi connectivity index (χ4v) is 5.35. The number of piperidine rings is 3. The predicted molar refractivity (Wildman–Crippen MR) is 114 cm³/mol. The highest BCUT2D eigenvalue weighted by molar-refractivity contribution is 5.79. The Morgan fingerprint density at radius 2 is 1.61 bits per heavy atom. The summed E-state index contributed by atoms with van der Waals surface area (Å²) in [4.78, 5) is 20.4. The van der Waals surface area contributed by atoms with Crippen LogP contribution in [0.5, 0.6) is 0 Å². The molecule has 1 amide bonds. The van der Waals surface area contributed by atoms with Gasteiger partial charge in [-0.25, -0.2) is 0 Å². The third-order valence-corrected chi connectivity index (χ3v) is 7.10. The largest absolute Gasteiger partial charge is 0.342 e. The number of hydrogen-bond donors (Lipinski definition) is 0. The number of amides is 1. The second kappa shape index (κ2) is 9.89. The van der Waals surface area contributed by atoms with Crippen LogP contribution in [0, 0.1) is 5.92 Å². The van der Waals surface area contributed by atoms with Crippen molar-refractivity contribution in [2.75, 3.05) is 45.8 Å². The summed E-state index contributed by atoms with van der Waals surface area (Å²) in [6.45, 7) is 7.77. The zero-order valence-corrected chi connectivity index (χ0v) is 17.4. The van der Waals surface area contributed by atoms with Crippen LogP contribution in [0.2, 0.25) is 0 Å². The minimum atomic E-state index is 0.253. The molecule has 3 aliphatic heterocycles. The molecule has 3 saturated heterocycles. The monoisotopic (exact) mass is 383 g/mol. The molecule has 0 N–H and O–H groups in total. The Bertz CT molecular complexity index is 606. The van der Waals surface area contributed by atoms with Crippen molar-refractivity contribution in [3.63, 3.8) is 0 Å². The van der Waals surface area contributed by atoms with Crippen molar-refractivity contribution in [3.8, 4) is 0 Å². The fourth-order valence-electron chi connectivity index (χ4n) is 5.35. The summed E-state index contributed by atoms with van der Waals surface area (Å²) >= 11 is 0. The summed E-state index contributed by atoms with van der Waals surface area (Å²) in [6.07, 6.45) is 9.66. The Kier molecular flexibility index (Phi) is 7.03. The number of carbonyl (C=O) groups excluding carboxylic acids is 1. The molecule has 0 aromatic heterocycles. The highest BCUT2D eigenvalue weighted by atomic mass is 16.2. The number of carbonyl (C=O) groups is 1. The van der Waals surface area contributed by atoms with Crippen molar-refractivity contribution in [3.05, 3.63) is 35.9 Å². The van der Waals surface area contributed by atoms with Gasteiger partial charge in [0.05, 0.1) is 5.92 Å². The van der Waals surface area contributed by atoms with Gasteiger partial charge in [0.1, 0.15) is 0 Å². The zero-order chi connectivity index (χ0) is 19.2. The molecule has 0 radical (unpaired) electrons. The van der Waals surface area contributed by atoms with Gasteiger partial charge in [0.25, 0.3) is 0 Å². The number of rotatable bonds is 5.